The number of benzene rings is 1. The van der Waals surface area contributed by atoms with Crippen molar-refractivity contribution in [2.45, 2.75) is 37.7 Å². The number of rotatable bonds is 4. The van der Waals surface area contributed by atoms with E-state index in [9.17, 15) is 5.11 Å². The van der Waals surface area contributed by atoms with E-state index in [0.717, 1.165) is 37.8 Å². The average molecular weight is 255 g/mol. The molecule has 1 heterocycles. The molecule has 0 radical (unpaired) electrons. The lowest BCUT2D eigenvalue weighted by molar-refractivity contribution is 0.00216. The van der Waals surface area contributed by atoms with Crippen molar-refractivity contribution in [2.75, 3.05) is 0 Å². The number of hydrogen-bond acceptors (Lipinski definition) is 1. The van der Waals surface area contributed by atoms with Crippen molar-refractivity contribution >= 4 is 0 Å². The zero-order valence-electron chi connectivity index (χ0n) is 11.2. The van der Waals surface area contributed by atoms with E-state index in [1.807, 2.05) is 18.3 Å². The van der Waals surface area contributed by atoms with Crippen molar-refractivity contribution in [2.24, 2.45) is 5.92 Å². The summed E-state index contributed by atoms with van der Waals surface area (Å²) in [6, 6.07) is 14.6. The molecule has 1 aliphatic carbocycles. The van der Waals surface area contributed by atoms with E-state index in [2.05, 4.69) is 35.3 Å². The lowest BCUT2D eigenvalue weighted by Crippen LogP contribution is -2.37. The van der Waals surface area contributed by atoms with Gasteiger partial charge in [0.05, 0.1) is 5.60 Å². The lowest BCUT2D eigenvalue weighted by Gasteiger charge is -2.30. The molecular weight excluding hydrogens is 234 g/mol. The monoisotopic (exact) mass is 255 g/mol. The van der Waals surface area contributed by atoms with Gasteiger partial charge in [-0.05, 0) is 42.9 Å². The summed E-state index contributed by atoms with van der Waals surface area (Å²) < 4.78 is 0. The minimum atomic E-state index is -0.541. The highest BCUT2D eigenvalue weighted by Crippen LogP contribution is 2.39. The van der Waals surface area contributed by atoms with Crippen molar-refractivity contribution in [3.8, 4) is 0 Å². The Hall–Kier alpha value is -1.54. The molecule has 2 N–H and O–H groups in total. The Morgan fingerprint density at radius 3 is 2.74 bits per heavy atom. The van der Waals surface area contributed by atoms with E-state index >= 15 is 0 Å². The third-order valence-electron chi connectivity index (χ3n) is 4.41. The Labute approximate surface area is 114 Å². The average Bonchev–Trinajstić information content (AvgIpc) is 3.03. The molecule has 1 aliphatic rings. The Bertz CT molecular complexity index is 505. The molecule has 2 unspecified atom stereocenters. The summed E-state index contributed by atoms with van der Waals surface area (Å²) in [6.07, 6.45) is 6.85. The number of aliphatic hydroxyl groups is 1. The summed E-state index contributed by atoms with van der Waals surface area (Å²) in [5, 5.41) is 11.0. The van der Waals surface area contributed by atoms with Crippen molar-refractivity contribution < 1.29 is 5.11 Å². The van der Waals surface area contributed by atoms with Gasteiger partial charge in [0.15, 0.2) is 0 Å². The largest absolute Gasteiger partial charge is 0.389 e. The quantitative estimate of drug-likeness (QED) is 0.863. The van der Waals surface area contributed by atoms with Crippen LogP contribution in [-0.2, 0) is 12.8 Å². The van der Waals surface area contributed by atoms with Gasteiger partial charge in [-0.3, -0.25) is 0 Å². The highest BCUT2D eigenvalue weighted by Gasteiger charge is 2.41. The van der Waals surface area contributed by atoms with E-state index in [1.165, 1.54) is 5.56 Å². The van der Waals surface area contributed by atoms with Gasteiger partial charge in [0.1, 0.15) is 0 Å². The van der Waals surface area contributed by atoms with Gasteiger partial charge in [-0.2, -0.15) is 0 Å². The summed E-state index contributed by atoms with van der Waals surface area (Å²) in [4.78, 5) is 3.21. The van der Waals surface area contributed by atoms with Crippen molar-refractivity contribution in [1.82, 2.24) is 4.98 Å². The third-order valence-corrected chi connectivity index (χ3v) is 4.41. The molecule has 2 atom stereocenters. The molecule has 0 bridgehead atoms. The maximum atomic E-state index is 11.0. The van der Waals surface area contributed by atoms with Crippen LogP contribution in [0.3, 0.4) is 0 Å². The van der Waals surface area contributed by atoms with Gasteiger partial charge in [0.25, 0.3) is 0 Å². The molecule has 100 valence electrons. The van der Waals surface area contributed by atoms with Crippen LogP contribution in [0.2, 0.25) is 0 Å². The van der Waals surface area contributed by atoms with Gasteiger partial charge in [-0.1, -0.05) is 36.8 Å². The van der Waals surface area contributed by atoms with Crippen LogP contribution in [0.15, 0.2) is 48.7 Å². The summed E-state index contributed by atoms with van der Waals surface area (Å²) >= 11 is 0. The summed E-state index contributed by atoms with van der Waals surface area (Å²) in [6.45, 7) is 0. The second-order valence-corrected chi connectivity index (χ2v) is 5.75. The molecule has 0 amide bonds. The van der Waals surface area contributed by atoms with Crippen LogP contribution >= 0.6 is 0 Å². The fourth-order valence-electron chi connectivity index (χ4n) is 3.36. The summed E-state index contributed by atoms with van der Waals surface area (Å²) in [5.74, 6) is 0.373. The molecule has 0 aliphatic heterocycles. The van der Waals surface area contributed by atoms with Gasteiger partial charge in [-0.15, -0.1) is 0 Å². The first-order valence-electron chi connectivity index (χ1n) is 7.15. The van der Waals surface area contributed by atoms with Crippen LogP contribution in [-0.4, -0.2) is 15.7 Å². The van der Waals surface area contributed by atoms with Gasteiger partial charge >= 0.3 is 0 Å². The van der Waals surface area contributed by atoms with Gasteiger partial charge in [0.2, 0.25) is 0 Å². The first-order valence-corrected chi connectivity index (χ1v) is 7.15. The lowest BCUT2D eigenvalue weighted by atomic mass is 9.82. The Kier molecular flexibility index (Phi) is 3.43. The molecule has 0 spiro atoms. The van der Waals surface area contributed by atoms with E-state index < -0.39 is 5.60 Å². The molecule has 3 rings (SSSR count). The van der Waals surface area contributed by atoms with Gasteiger partial charge < -0.3 is 10.1 Å². The molecule has 19 heavy (non-hydrogen) atoms. The normalized spacial score (nSPS) is 26.7. The number of nitrogens with one attached hydrogen (secondary N) is 1. The van der Waals surface area contributed by atoms with Gasteiger partial charge in [-0.25, -0.2) is 0 Å². The molecular formula is C17H21NO. The molecule has 1 saturated carbocycles. The van der Waals surface area contributed by atoms with Crippen LogP contribution in [0.25, 0.3) is 0 Å². The van der Waals surface area contributed by atoms with Crippen LogP contribution in [0, 0.1) is 5.92 Å². The maximum Gasteiger partial charge on any atom is 0.0733 e. The zero-order valence-corrected chi connectivity index (χ0v) is 11.2. The first-order chi connectivity index (χ1) is 9.26. The van der Waals surface area contributed by atoms with Gasteiger partial charge in [0, 0.05) is 18.3 Å². The number of aromatic nitrogens is 1. The molecule has 1 fully saturated rings. The summed E-state index contributed by atoms with van der Waals surface area (Å²) in [7, 11) is 0. The van der Waals surface area contributed by atoms with E-state index in [0.29, 0.717) is 5.92 Å². The highest BCUT2D eigenvalue weighted by atomic mass is 16.3. The Morgan fingerprint density at radius 2 is 2.00 bits per heavy atom. The van der Waals surface area contributed by atoms with Crippen LogP contribution in [0.5, 0.6) is 0 Å². The van der Waals surface area contributed by atoms with Crippen LogP contribution in [0.1, 0.15) is 30.5 Å². The second-order valence-electron chi connectivity index (χ2n) is 5.75. The molecule has 2 nitrogen and oxygen atoms in total. The minimum Gasteiger partial charge on any atom is -0.389 e. The van der Waals surface area contributed by atoms with E-state index in [4.69, 9.17) is 0 Å². The minimum absolute atomic E-state index is 0.373. The second kappa shape index (κ2) is 5.22. The fourth-order valence-corrected chi connectivity index (χ4v) is 3.36. The Morgan fingerprint density at radius 1 is 1.16 bits per heavy atom. The number of aromatic amines is 1. The Balaban J connectivity index is 1.73. The predicted molar refractivity (Wildman–Crippen MR) is 76.9 cm³/mol. The number of H-pyrrole nitrogens is 1. The van der Waals surface area contributed by atoms with Crippen molar-refractivity contribution in [3.05, 3.63) is 59.9 Å². The van der Waals surface area contributed by atoms with Crippen molar-refractivity contribution in [3.63, 3.8) is 0 Å². The molecule has 2 heteroatoms. The standard InChI is InChI=1S/C17H21NO/c19-17(13-16-9-5-11-18-16)10-4-8-15(17)12-14-6-2-1-3-7-14/h1-3,5-7,9,11,15,18-19H,4,8,10,12-13H2. The first kappa shape index (κ1) is 12.5. The predicted octanol–water partition coefficient (Wildman–Crippen LogP) is 3.33. The fraction of sp³-hybridized carbons (Fsp3) is 0.412. The zero-order chi connectivity index (χ0) is 13.1. The SMILES string of the molecule is OC1(Cc2ccc[nH]2)CCCC1Cc1ccccc1. The third kappa shape index (κ3) is 2.74. The highest BCUT2D eigenvalue weighted by molar-refractivity contribution is 5.18. The van der Waals surface area contributed by atoms with Crippen molar-refractivity contribution in [1.29, 1.82) is 0 Å². The topological polar surface area (TPSA) is 36.0 Å². The van der Waals surface area contributed by atoms with E-state index in [1.54, 1.807) is 0 Å². The van der Waals surface area contributed by atoms with E-state index in [-0.39, 0.29) is 0 Å². The molecule has 0 saturated heterocycles. The van der Waals surface area contributed by atoms with Crippen LogP contribution in [0.4, 0.5) is 0 Å². The number of hydrogen-bond donors (Lipinski definition) is 2. The molecule has 2 aromatic rings. The maximum absolute atomic E-state index is 11.0. The van der Waals surface area contributed by atoms with Crippen LogP contribution < -0.4 is 0 Å². The smallest absolute Gasteiger partial charge is 0.0733 e. The molecule has 1 aromatic carbocycles. The summed E-state index contributed by atoms with van der Waals surface area (Å²) in [5.41, 5.74) is 1.93. The molecule has 1 aromatic heterocycles.